The lowest BCUT2D eigenvalue weighted by molar-refractivity contribution is 0.282. The predicted octanol–water partition coefficient (Wildman–Crippen LogP) is 0.257. The zero-order valence-electron chi connectivity index (χ0n) is 10.4. The average Bonchev–Trinajstić information content (AvgIpc) is 2.75. The summed E-state index contributed by atoms with van der Waals surface area (Å²) in [6.45, 7) is 3.42. The van der Waals surface area contributed by atoms with E-state index in [1.165, 1.54) is 10.5 Å². The minimum Gasteiger partial charge on any atom is -0.326 e. The molecule has 0 bridgehead atoms. The molecule has 1 aliphatic rings. The van der Waals surface area contributed by atoms with Gasteiger partial charge in [-0.15, -0.1) is 0 Å². The largest absolute Gasteiger partial charge is 0.326 e. The minimum atomic E-state index is -3.52. The molecule has 0 radical (unpaired) electrons. The van der Waals surface area contributed by atoms with Crippen molar-refractivity contribution in [3.63, 3.8) is 0 Å². The Morgan fingerprint density at radius 3 is 3.11 bits per heavy atom. The molecule has 4 N–H and O–H groups in total. The van der Waals surface area contributed by atoms with Gasteiger partial charge in [0.05, 0.1) is 6.20 Å². The molecule has 102 valence electrons. The van der Waals surface area contributed by atoms with Crippen molar-refractivity contribution in [2.75, 3.05) is 17.8 Å². The van der Waals surface area contributed by atoms with Crippen LogP contribution in [0.4, 0.5) is 5.82 Å². The first-order valence-corrected chi connectivity index (χ1v) is 7.47. The van der Waals surface area contributed by atoms with Gasteiger partial charge in [0.25, 0.3) is 0 Å². The van der Waals surface area contributed by atoms with Gasteiger partial charge in [-0.25, -0.2) is 0 Å². The van der Waals surface area contributed by atoms with Gasteiger partial charge in [-0.1, -0.05) is 6.92 Å². The number of hydrogen-bond acceptors (Lipinski definition) is 4. The van der Waals surface area contributed by atoms with Crippen molar-refractivity contribution in [2.45, 2.75) is 26.3 Å². The van der Waals surface area contributed by atoms with Crippen LogP contribution in [0.3, 0.4) is 0 Å². The third-order valence-corrected chi connectivity index (χ3v) is 4.60. The van der Waals surface area contributed by atoms with Crippen molar-refractivity contribution in [3.8, 4) is 0 Å². The zero-order chi connectivity index (χ0) is 13.2. The average molecular weight is 273 g/mol. The third kappa shape index (κ3) is 2.82. The van der Waals surface area contributed by atoms with Crippen LogP contribution in [0.25, 0.3) is 0 Å². The fourth-order valence-electron chi connectivity index (χ4n) is 2.11. The van der Waals surface area contributed by atoms with Gasteiger partial charge in [-0.2, -0.15) is 17.8 Å². The number of nitrogens with two attached hydrogens (primary N) is 1. The van der Waals surface area contributed by atoms with Crippen molar-refractivity contribution < 1.29 is 8.42 Å². The molecule has 1 aromatic rings. The molecule has 1 atom stereocenters. The van der Waals surface area contributed by atoms with Crippen LogP contribution >= 0.6 is 0 Å². The van der Waals surface area contributed by atoms with Crippen molar-refractivity contribution in [3.05, 3.63) is 11.8 Å². The fourth-order valence-corrected chi connectivity index (χ4v) is 3.50. The Morgan fingerprint density at radius 2 is 2.44 bits per heavy atom. The Kier molecular flexibility index (Phi) is 3.88. The van der Waals surface area contributed by atoms with E-state index in [9.17, 15) is 8.42 Å². The maximum atomic E-state index is 12.2. The van der Waals surface area contributed by atoms with Gasteiger partial charge in [-0.05, 0) is 18.8 Å². The summed E-state index contributed by atoms with van der Waals surface area (Å²) in [4.78, 5) is 0. The molecule has 1 aliphatic heterocycles. The van der Waals surface area contributed by atoms with Gasteiger partial charge in [0.1, 0.15) is 5.82 Å². The molecule has 2 heterocycles. The van der Waals surface area contributed by atoms with Gasteiger partial charge in [0, 0.05) is 25.2 Å². The molecule has 1 unspecified atom stereocenters. The number of nitrogens with zero attached hydrogens (tertiary/aromatic N) is 2. The van der Waals surface area contributed by atoms with Crippen LogP contribution in [0.5, 0.6) is 0 Å². The number of hydrogen-bond donors (Lipinski definition) is 3. The summed E-state index contributed by atoms with van der Waals surface area (Å²) in [7, 11) is -3.52. The third-order valence-electron chi connectivity index (χ3n) is 3.13. The molecule has 18 heavy (non-hydrogen) atoms. The van der Waals surface area contributed by atoms with Crippen LogP contribution in [0.1, 0.15) is 25.3 Å². The lowest BCUT2D eigenvalue weighted by Gasteiger charge is -2.29. The standard InChI is InChI=1S/C10H19N5O2S/c1-8-3-2-4-15(7-8)18(16,17)14-10-9(5-11)6-12-13-10/h6,8H,2-5,7,11H2,1H3,(H2,12,13,14). The number of aromatic amines is 1. The van der Waals surface area contributed by atoms with Crippen molar-refractivity contribution in [1.29, 1.82) is 0 Å². The predicted molar refractivity (Wildman–Crippen MR) is 69.0 cm³/mol. The normalized spacial score (nSPS) is 22.0. The molecule has 8 heteroatoms. The molecule has 1 fully saturated rings. The first kappa shape index (κ1) is 13.3. The van der Waals surface area contributed by atoms with E-state index in [4.69, 9.17) is 5.73 Å². The molecule has 1 aromatic heterocycles. The summed E-state index contributed by atoms with van der Waals surface area (Å²) in [5.41, 5.74) is 6.16. The van der Waals surface area contributed by atoms with E-state index >= 15 is 0 Å². The van der Waals surface area contributed by atoms with Crippen LogP contribution in [0.2, 0.25) is 0 Å². The number of rotatable bonds is 4. The first-order chi connectivity index (χ1) is 8.53. The lowest BCUT2D eigenvalue weighted by Crippen LogP contribution is -2.42. The first-order valence-electron chi connectivity index (χ1n) is 6.03. The highest BCUT2D eigenvalue weighted by Gasteiger charge is 2.27. The van der Waals surface area contributed by atoms with E-state index in [2.05, 4.69) is 21.8 Å². The maximum absolute atomic E-state index is 12.2. The number of aromatic nitrogens is 2. The Labute approximate surface area is 107 Å². The van der Waals surface area contributed by atoms with E-state index < -0.39 is 10.2 Å². The highest BCUT2D eigenvalue weighted by Crippen LogP contribution is 2.20. The quantitative estimate of drug-likeness (QED) is 0.731. The summed E-state index contributed by atoms with van der Waals surface area (Å²) in [6, 6.07) is 0. The lowest BCUT2D eigenvalue weighted by atomic mass is 10.0. The summed E-state index contributed by atoms with van der Waals surface area (Å²) in [5.74, 6) is 0.752. The molecule has 0 aliphatic carbocycles. The summed E-state index contributed by atoms with van der Waals surface area (Å²) in [5, 5.41) is 6.40. The second kappa shape index (κ2) is 5.25. The number of piperidine rings is 1. The van der Waals surface area contributed by atoms with Crippen molar-refractivity contribution in [2.24, 2.45) is 11.7 Å². The topological polar surface area (TPSA) is 104 Å². The van der Waals surface area contributed by atoms with Gasteiger partial charge in [0.15, 0.2) is 0 Å². The highest BCUT2D eigenvalue weighted by atomic mass is 32.2. The fraction of sp³-hybridized carbons (Fsp3) is 0.700. The van der Waals surface area contributed by atoms with Crippen LogP contribution in [0, 0.1) is 5.92 Å². The van der Waals surface area contributed by atoms with Gasteiger partial charge in [0.2, 0.25) is 0 Å². The molecular weight excluding hydrogens is 254 g/mol. The van der Waals surface area contributed by atoms with Gasteiger partial charge in [-0.3, -0.25) is 9.82 Å². The Balaban J connectivity index is 2.12. The summed E-state index contributed by atoms with van der Waals surface area (Å²) in [6.07, 6.45) is 3.50. The van der Waals surface area contributed by atoms with Gasteiger partial charge < -0.3 is 5.73 Å². The van der Waals surface area contributed by atoms with E-state index in [0.29, 0.717) is 30.4 Å². The van der Waals surface area contributed by atoms with Crippen LogP contribution < -0.4 is 10.5 Å². The molecule has 7 nitrogen and oxygen atoms in total. The Hall–Kier alpha value is -1.12. The summed E-state index contributed by atoms with van der Waals surface area (Å²) >= 11 is 0. The van der Waals surface area contributed by atoms with Crippen molar-refractivity contribution in [1.82, 2.24) is 14.5 Å². The molecule has 0 spiro atoms. The number of H-pyrrole nitrogens is 1. The molecule has 2 rings (SSSR count). The van der Waals surface area contributed by atoms with Crippen LogP contribution in [0.15, 0.2) is 6.20 Å². The molecule has 0 saturated carbocycles. The summed E-state index contributed by atoms with van der Waals surface area (Å²) < 4.78 is 28.4. The molecule has 0 aromatic carbocycles. The second-order valence-corrected chi connectivity index (χ2v) is 6.36. The van der Waals surface area contributed by atoms with Crippen LogP contribution in [-0.2, 0) is 16.8 Å². The zero-order valence-corrected chi connectivity index (χ0v) is 11.2. The maximum Gasteiger partial charge on any atom is 0.302 e. The van der Waals surface area contributed by atoms with E-state index in [1.807, 2.05) is 0 Å². The van der Waals surface area contributed by atoms with Gasteiger partial charge >= 0.3 is 10.2 Å². The Bertz CT molecular complexity index is 498. The number of nitrogens with one attached hydrogen (secondary N) is 2. The second-order valence-electron chi connectivity index (χ2n) is 4.69. The molecule has 1 saturated heterocycles. The SMILES string of the molecule is CC1CCCN(S(=O)(=O)Nc2[nH]ncc2CN)C1. The Morgan fingerprint density at radius 1 is 1.67 bits per heavy atom. The highest BCUT2D eigenvalue weighted by molar-refractivity contribution is 7.90. The van der Waals surface area contributed by atoms with Crippen molar-refractivity contribution >= 4 is 16.0 Å². The van der Waals surface area contributed by atoms with E-state index in [1.54, 1.807) is 0 Å². The number of anilines is 1. The van der Waals surface area contributed by atoms with E-state index in [0.717, 1.165) is 12.8 Å². The minimum absolute atomic E-state index is 0.241. The molecular formula is C10H19N5O2S. The molecule has 0 amide bonds. The van der Waals surface area contributed by atoms with Crippen LogP contribution in [-0.4, -0.2) is 36.0 Å². The smallest absolute Gasteiger partial charge is 0.302 e. The monoisotopic (exact) mass is 273 g/mol. The van der Waals surface area contributed by atoms with E-state index in [-0.39, 0.29) is 6.54 Å².